The van der Waals surface area contributed by atoms with Crippen LogP contribution in [-0.4, -0.2) is 65.2 Å². The van der Waals surface area contributed by atoms with Crippen molar-refractivity contribution >= 4 is 18.2 Å². The first kappa shape index (κ1) is 37.5. The number of carbonyl (C=O) groups excluding carboxylic acids is 1. The number of halogens is 2. The zero-order valence-electron chi connectivity index (χ0n) is 28.0. The molecule has 2 aliphatic rings. The fourth-order valence-corrected chi connectivity index (χ4v) is 5.90. The summed E-state index contributed by atoms with van der Waals surface area (Å²) in [6.07, 6.45) is 9.28. The number of benzene rings is 3. The Morgan fingerprint density at radius 1 is 0.957 bits per heavy atom. The Hall–Kier alpha value is -2.98. The van der Waals surface area contributed by atoms with E-state index in [9.17, 15) is 4.79 Å². The van der Waals surface area contributed by atoms with Crippen LogP contribution in [0.3, 0.4) is 0 Å². The van der Waals surface area contributed by atoms with E-state index in [-0.39, 0.29) is 11.8 Å². The van der Waals surface area contributed by atoms with E-state index in [0.717, 1.165) is 28.8 Å². The Balaban J connectivity index is 0.000000557. The number of rotatable bonds is 11. The maximum Gasteiger partial charge on any atom is 0.295 e. The molecule has 1 atom stereocenters. The van der Waals surface area contributed by atoms with E-state index >= 15 is 8.78 Å². The lowest BCUT2D eigenvalue weighted by atomic mass is 9.90. The predicted molar refractivity (Wildman–Crippen MR) is 186 cm³/mol. The van der Waals surface area contributed by atoms with E-state index in [0.29, 0.717) is 28.7 Å². The second-order valence-corrected chi connectivity index (χ2v) is 13.2. The summed E-state index contributed by atoms with van der Waals surface area (Å²) < 4.78 is 44.7. The fraction of sp³-hybridized carbons (Fsp3) is 0.486. The summed E-state index contributed by atoms with van der Waals surface area (Å²) in [4.78, 5) is 14.4. The maximum absolute atomic E-state index is 15.4. The molecule has 0 amide bonds. The molecule has 1 heterocycles. The van der Waals surface area contributed by atoms with Crippen molar-refractivity contribution in [1.29, 1.82) is 0 Å². The highest BCUT2D eigenvalue weighted by atomic mass is 32.2. The molecule has 1 unspecified atom stereocenters. The summed E-state index contributed by atoms with van der Waals surface area (Å²) >= 11 is 0.993. The normalized spacial score (nSPS) is 15.7. The minimum atomic E-state index is -3.45. The maximum atomic E-state index is 15.4. The van der Waals surface area contributed by atoms with E-state index in [2.05, 4.69) is 10.0 Å². The number of ether oxygens (including phenoxy) is 2. The average molecular weight is 656 g/mol. The van der Waals surface area contributed by atoms with Crippen molar-refractivity contribution in [2.75, 3.05) is 47.9 Å². The highest BCUT2D eigenvalue weighted by molar-refractivity contribution is 7.97. The Kier molecular flexibility index (Phi) is 16.0. The molecule has 2 fully saturated rings. The van der Waals surface area contributed by atoms with Gasteiger partial charge in [-0.1, -0.05) is 61.2 Å². The van der Waals surface area contributed by atoms with E-state index in [1.165, 1.54) is 77.3 Å². The van der Waals surface area contributed by atoms with Crippen LogP contribution < -0.4 is 19.5 Å². The smallest absolute Gasteiger partial charge is 0.295 e. The van der Waals surface area contributed by atoms with Gasteiger partial charge in [-0.25, -0.2) is 4.72 Å². The van der Waals surface area contributed by atoms with E-state index in [1.54, 1.807) is 18.2 Å². The van der Waals surface area contributed by atoms with Crippen molar-refractivity contribution < 1.29 is 23.0 Å². The molecule has 3 aromatic rings. The molecule has 1 aliphatic heterocycles. The number of aldehydes is 1. The highest BCUT2D eigenvalue weighted by Gasteiger charge is 2.42. The zero-order chi connectivity index (χ0) is 33.4. The number of hydrogen-bond donors (Lipinski definition) is 2. The van der Waals surface area contributed by atoms with Gasteiger partial charge in [-0.2, -0.15) is 8.78 Å². The Labute approximate surface area is 278 Å². The van der Waals surface area contributed by atoms with Crippen molar-refractivity contribution in [3.05, 3.63) is 77.9 Å². The third kappa shape index (κ3) is 12.3. The average Bonchev–Trinajstić information content (AvgIpc) is 3.66. The molecule has 5 rings (SSSR count). The Morgan fingerprint density at radius 2 is 1.59 bits per heavy atom. The summed E-state index contributed by atoms with van der Waals surface area (Å²) in [5, 5.41) is 3.22. The van der Waals surface area contributed by atoms with Gasteiger partial charge in [-0.15, -0.1) is 0 Å². The SMILES string of the molecule is C1CCNC1.CN(C)C.COc1cc(C(F)(F)C(C=O)NSc2ccc(OCC3CCCCC3)cc2)ccc1-c1ccc(C)cc1. The van der Waals surface area contributed by atoms with Gasteiger partial charge in [0, 0.05) is 16.0 Å². The Bertz CT molecular complexity index is 1290. The topological polar surface area (TPSA) is 62.8 Å². The molecule has 0 aromatic heterocycles. The fourth-order valence-electron chi connectivity index (χ4n) is 5.17. The van der Waals surface area contributed by atoms with Gasteiger partial charge in [0.25, 0.3) is 5.92 Å². The van der Waals surface area contributed by atoms with Crippen LogP contribution in [0.4, 0.5) is 8.78 Å². The predicted octanol–water partition coefficient (Wildman–Crippen LogP) is 8.13. The summed E-state index contributed by atoms with van der Waals surface area (Å²) in [6.45, 7) is 5.19. The third-order valence-corrected chi connectivity index (χ3v) is 8.65. The lowest BCUT2D eigenvalue weighted by molar-refractivity contribution is -0.119. The molecule has 0 radical (unpaired) electrons. The van der Waals surface area contributed by atoms with Crippen LogP contribution in [0, 0.1) is 12.8 Å². The molecular weight excluding hydrogens is 604 g/mol. The molecule has 0 bridgehead atoms. The standard InChI is InChI=1S/C30H33F2NO3S.C4H9N.C3H9N/c1-21-8-10-23(11-9-21)27-17-12-24(18-28(27)35-2)30(31,32)29(19-34)33-37-26-15-13-25(14-16-26)36-20-22-6-4-3-5-7-22;1-2-4-5-3-1;1-4(2)3/h8-19,22,29,33H,3-7,20H2,1-2H3;5H,1-4H2;1-3H3. The van der Waals surface area contributed by atoms with E-state index < -0.39 is 12.0 Å². The van der Waals surface area contributed by atoms with Gasteiger partial charge < -0.3 is 24.5 Å². The van der Waals surface area contributed by atoms with Gasteiger partial charge in [0.1, 0.15) is 23.8 Å². The molecule has 1 aliphatic carbocycles. The molecule has 9 heteroatoms. The number of alkyl halides is 2. The lowest BCUT2D eigenvalue weighted by Crippen LogP contribution is -2.41. The van der Waals surface area contributed by atoms with Crippen molar-refractivity contribution in [3.63, 3.8) is 0 Å². The van der Waals surface area contributed by atoms with Crippen LogP contribution in [0.2, 0.25) is 0 Å². The molecule has 3 aromatic carbocycles. The monoisotopic (exact) mass is 655 g/mol. The lowest BCUT2D eigenvalue weighted by Gasteiger charge is -2.24. The number of nitrogens with zero attached hydrogens (tertiary/aromatic N) is 1. The molecule has 252 valence electrons. The van der Waals surface area contributed by atoms with Gasteiger partial charge in [0.05, 0.1) is 13.7 Å². The van der Waals surface area contributed by atoms with Gasteiger partial charge in [0.2, 0.25) is 0 Å². The summed E-state index contributed by atoms with van der Waals surface area (Å²) in [5.41, 5.74) is 2.38. The minimum Gasteiger partial charge on any atom is -0.496 e. The number of nitrogens with one attached hydrogen (secondary N) is 2. The minimum absolute atomic E-state index is 0.245. The summed E-state index contributed by atoms with van der Waals surface area (Å²) in [5.74, 6) is -1.77. The van der Waals surface area contributed by atoms with Gasteiger partial charge >= 0.3 is 0 Å². The zero-order valence-corrected chi connectivity index (χ0v) is 28.8. The number of carbonyl (C=O) groups is 1. The molecule has 1 saturated carbocycles. The van der Waals surface area contributed by atoms with Crippen LogP contribution in [0.15, 0.2) is 71.6 Å². The van der Waals surface area contributed by atoms with Gasteiger partial charge in [-0.05, 0) is 121 Å². The second-order valence-electron chi connectivity index (χ2n) is 12.3. The number of methoxy groups -OCH3 is 1. The first-order valence-electron chi connectivity index (χ1n) is 16.2. The molecule has 46 heavy (non-hydrogen) atoms. The van der Waals surface area contributed by atoms with E-state index in [1.807, 2.05) is 69.4 Å². The molecule has 1 saturated heterocycles. The van der Waals surface area contributed by atoms with Crippen LogP contribution in [0.1, 0.15) is 56.1 Å². The van der Waals surface area contributed by atoms with Crippen LogP contribution in [0.25, 0.3) is 11.1 Å². The van der Waals surface area contributed by atoms with Crippen LogP contribution >= 0.6 is 11.9 Å². The summed E-state index contributed by atoms with van der Waals surface area (Å²) in [7, 11) is 7.45. The van der Waals surface area contributed by atoms with E-state index in [4.69, 9.17) is 9.47 Å². The molecular formula is C37H51F2N3O3S. The number of hydrogen-bond acceptors (Lipinski definition) is 7. The quantitative estimate of drug-likeness (QED) is 0.160. The van der Waals surface area contributed by atoms with Crippen molar-refractivity contribution in [2.45, 2.75) is 68.7 Å². The molecule has 2 N–H and O–H groups in total. The molecule has 0 spiro atoms. The number of aryl methyl sites for hydroxylation is 1. The van der Waals surface area contributed by atoms with Crippen molar-refractivity contribution in [2.24, 2.45) is 5.92 Å². The van der Waals surface area contributed by atoms with Gasteiger partial charge in [0.15, 0.2) is 0 Å². The summed E-state index contributed by atoms with van der Waals surface area (Å²) in [6, 6.07) is 17.5. The first-order chi connectivity index (χ1) is 22.1. The highest BCUT2D eigenvalue weighted by Crippen LogP contribution is 2.39. The second kappa shape index (κ2) is 19.6. The van der Waals surface area contributed by atoms with Gasteiger partial charge in [-0.3, -0.25) is 0 Å². The van der Waals surface area contributed by atoms with Crippen LogP contribution in [0.5, 0.6) is 11.5 Å². The largest absolute Gasteiger partial charge is 0.496 e. The Morgan fingerprint density at radius 3 is 2.13 bits per heavy atom. The van der Waals surface area contributed by atoms with Crippen LogP contribution in [-0.2, 0) is 10.7 Å². The van der Waals surface area contributed by atoms with Crippen molar-refractivity contribution in [1.82, 2.24) is 14.9 Å². The van der Waals surface area contributed by atoms with Crippen molar-refractivity contribution in [3.8, 4) is 22.6 Å². The molecule has 6 nitrogen and oxygen atoms in total. The third-order valence-electron chi connectivity index (χ3n) is 7.77. The first-order valence-corrected chi connectivity index (χ1v) is 17.0.